The fourth-order valence-electron chi connectivity index (χ4n) is 1.51. The average molecular weight is 284 g/mol. The number of methoxy groups -OCH3 is 1. The third kappa shape index (κ3) is 5.05. The van der Waals surface area contributed by atoms with Gasteiger partial charge in [-0.25, -0.2) is 14.6 Å². The predicted octanol–water partition coefficient (Wildman–Crippen LogP) is 2.92. The Bertz CT molecular complexity index is 472. The smallest absolute Gasteiger partial charge is 0.422 e. The third-order valence-corrected chi connectivity index (χ3v) is 2.47. The molecule has 0 bridgehead atoms. The molecule has 0 aliphatic heterocycles. The van der Waals surface area contributed by atoms with E-state index < -0.39 is 17.5 Å². The van der Waals surface area contributed by atoms with Crippen molar-refractivity contribution in [3.05, 3.63) is 29.6 Å². The molecule has 0 saturated carbocycles. The van der Waals surface area contributed by atoms with Gasteiger partial charge in [-0.05, 0) is 45.4 Å². The topological polar surface area (TPSA) is 59.6 Å². The van der Waals surface area contributed by atoms with Crippen LogP contribution < -0.4 is 15.6 Å². The van der Waals surface area contributed by atoms with Gasteiger partial charge in [0.05, 0.1) is 7.11 Å². The van der Waals surface area contributed by atoms with E-state index >= 15 is 0 Å². The highest BCUT2D eigenvalue weighted by atomic mass is 19.1. The molecule has 0 aliphatic carbocycles. The molecule has 0 aliphatic rings. The first-order valence-electron chi connectivity index (χ1n) is 6.31. The van der Waals surface area contributed by atoms with E-state index in [-0.39, 0.29) is 11.8 Å². The zero-order valence-electron chi connectivity index (χ0n) is 12.4. The standard InChI is InChI=1S/C14H21FN2O3/c1-9(16-17-13(18)20-14(2,3)4)10-6-7-12(19-5)11(15)8-10/h6-9,16H,1-5H3,(H,17,18). The molecular formula is C14H21FN2O3. The Morgan fingerprint density at radius 2 is 2.00 bits per heavy atom. The molecule has 2 N–H and O–H groups in total. The summed E-state index contributed by atoms with van der Waals surface area (Å²) in [6.07, 6.45) is -0.585. The summed E-state index contributed by atoms with van der Waals surface area (Å²) >= 11 is 0. The Kier molecular flexibility index (Phi) is 5.33. The van der Waals surface area contributed by atoms with Crippen LogP contribution in [0.2, 0.25) is 0 Å². The second kappa shape index (κ2) is 6.56. The lowest BCUT2D eigenvalue weighted by Gasteiger charge is -2.21. The molecule has 0 fully saturated rings. The van der Waals surface area contributed by atoms with Gasteiger partial charge in [-0.1, -0.05) is 6.07 Å². The molecule has 5 nitrogen and oxygen atoms in total. The van der Waals surface area contributed by atoms with Gasteiger partial charge in [0.25, 0.3) is 0 Å². The van der Waals surface area contributed by atoms with E-state index in [0.29, 0.717) is 5.56 Å². The van der Waals surface area contributed by atoms with Gasteiger partial charge in [-0.15, -0.1) is 0 Å². The molecule has 1 aromatic carbocycles. The van der Waals surface area contributed by atoms with E-state index in [0.717, 1.165) is 0 Å². The molecule has 0 radical (unpaired) electrons. The number of halogens is 1. The fraction of sp³-hybridized carbons (Fsp3) is 0.500. The van der Waals surface area contributed by atoms with Crippen LogP contribution in [0.5, 0.6) is 5.75 Å². The van der Waals surface area contributed by atoms with Crippen molar-refractivity contribution < 1.29 is 18.7 Å². The number of hydrogen-bond donors (Lipinski definition) is 2. The molecule has 0 aromatic heterocycles. The number of amides is 1. The minimum Gasteiger partial charge on any atom is -0.494 e. The number of carbonyl (C=O) groups is 1. The lowest BCUT2D eigenvalue weighted by atomic mass is 10.1. The molecule has 6 heteroatoms. The largest absolute Gasteiger partial charge is 0.494 e. The Morgan fingerprint density at radius 3 is 2.50 bits per heavy atom. The Balaban J connectivity index is 2.57. The lowest BCUT2D eigenvalue weighted by molar-refractivity contribution is 0.0489. The van der Waals surface area contributed by atoms with Crippen molar-refractivity contribution in [1.82, 2.24) is 10.9 Å². The summed E-state index contributed by atoms with van der Waals surface area (Å²) in [6.45, 7) is 7.11. The van der Waals surface area contributed by atoms with E-state index in [1.54, 1.807) is 33.8 Å². The van der Waals surface area contributed by atoms with Crippen LogP contribution >= 0.6 is 0 Å². The van der Waals surface area contributed by atoms with Crippen molar-refractivity contribution in [3.63, 3.8) is 0 Å². The molecule has 1 unspecified atom stereocenters. The number of hydrogen-bond acceptors (Lipinski definition) is 4. The molecule has 1 rings (SSSR count). The van der Waals surface area contributed by atoms with Gasteiger partial charge in [-0.2, -0.15) is 0 Å². The Hall–Kier alpha value is -1.82. The summed E-state index contributed by atoms with van der Waals surface area (Å²) in [5, 5.41) is 0. The molecule has 0 spiro atoms. The van der Waals surface area contributed by atoms with Crippen molar-refractivity contribution in [1.29, 1.82) is 0 Å². The van der Waals surface area contributed by atoms with Gasteiger partial charge < -0.3 is 9.47 Å². The van der Waals surface area contributed by atoms with Gasteiger partial charge in [0.2, 0.25) is 0 Å². The highest BCUT2D eigenvalue weighted by Gasteiger charge is 2.17. The highest BCUT2D eigenvalue weighted by Crippen LogP contribution is 2.21. The van der Waals surface area contributed by atoms with Crippen molar-refractivity contribution in [2.75, 3.05) is 7.11 Å². The molecule has 1 aromatic rings. The van der Waals surface area contributed by atoms with Gasteiger partial charge in [0.15, 0.2) is 11.6 Å². The molecule has 1 amide bonds. The quantitative estimate of drug-likeness (QED) is 0.835. The van der Waals surface area contributed by atoms with Crippen molar-refractivity contribution in [3.8, 4) is 5.75 Å². The van der Waals surface area contributed by atoms with Crippen LogP contribution in [-0.4, -0.2) is 18.8 Å². The maximum atomic E-state index is 13.6. The van der Waals surface area contributed by atoms with Crippen LogP contribution in [0.3, 0.4) is 0 Å². The minimum absolute atomic E-state index is 0.182. The third-order valence-electron chi connectivity index (χ3n) is 2.47. The van der Waals surface area contributed by atoms with Crippen LogP contribution in [0.4, 0.5) is 9.18 Å². The van der Waals surface area contributed by atoms with Crippen molar-refractivity contribution >= 4 is 6.09 Å². The molecule has 0 heterocycles. The number of ether oxygens (including phenoxy) is 2. The minimum atomic E-state index is -0.585. The van der Waals surface area contributed by atoms with Gasteiger partial charge in [-0.3, -0.25) is 5.43 Å². The second-order valence-corrected chi connectivity index (χ2v) is 5.39. The van der Waals surface area contributed by atoms with Crippen LogP contribution in [0.25, 0.3) is 0 Å². The van der Waals surface area contributed by atoms with Crippen LogP contribution in [0.1, 0.15) is 39.3 Å². The summed E-state index contributed by atoms with van der Waals surface area (Å²) in [4.78, 5) is 11.5. The monoisotopic (exact) mass is 284 g/mol. The molecule has 0 saturated heterocycles. The van der Waals surface area contributed by atoms with Gasteiger partial charge in [0, 0.05) is 6.04 Å². The zero-order valence-corrected chi connectivity index (χ0v) is 12.4. The summed E-state index contributed by atoms with van der Waals surface area (Å²) in [5.74, 6) is -0.267. The summed E-state index contributed by atoms with van der Waals surface area (Å²) in [5.41, 5.74) is 5.29. The van der Waals surface area contributed by atoms with E-state index in [9.17, 15) is 9.18 Å². The van der Waals surface area contributed by atoms with Crippen LogP contribution in [0.15, 0.2) is 18.2 Å². The number of carbonyl (C=O) groups excluding carboxylic acids is 1. The van der Waals surface area contributed by atoms with Crippen molar-refractivity contribution in [2.45, 2.75) is 39.3 Å². The number of benzene rings is 1. The van der Waals surface area contributed by atoms with Gasteiger partial charge in [0.1, 0.15) is 5.60 Å². The lowest BCUT2D eigenvalue weighted by Crippen LogP contribution is -2.42. The number of hydrazine groups is 1. The second-order valence-electron chi connectivity index (χ2n) is 5.39. The van der Waals surface area contributed by atoms with E-state index in [4.69, 9.17) is 9.47 Å². The predicted molar refractivity (Wildman–Crippen MR) is 73.9 cm³/mol. The Morgan fingerprint density at radius 1 is 1.35 bits per heavy atom. The van der Waals surface area contributed by atoms with Crippen molar-refractivity contribution in [2.24, 2.45) is 0 Å². The molecule has 20 heavy (non-hydrogen) atoms. The van der Waals surface area contributed by atoms with Crippen LogP contribution in [-0.2, 0) is 4.74 Å². The first-order valence-corrected chi connectivity index (χ1v) is 6.31. The maximum Gasteiger partial charge on any atom is 0.422 e. The normalized spacial score (nSPS) is 12.7. The maximum absolute atomic E-state index is 13.6. The number of rotatable bonds is 4. The average Bonchev–Trinajstić information content (AvgIpc) is 2.33. The molecule has 1 atom stereocenters. The van der Waals surface area contributed by atoms with E-state index in [1.165, 1.54) is 19.2 Å². The first kappa shape index (κ1) is 16.2. The Labute approximate surface area is 118 Å². The van der Waals surface area contributed by atoms with Crippen LogP contribution in [0, 0.1) is 5.82 Å². The summed E-state index contributed by atoms with van der Waals surface area (Å²) in [7, 11) is 1.41. The summed E-state index contributed by atoms with van der Waals surface area (Å²) in [6, 6.07) is 4.34. The first-order chi connectivity index (χ1) is 9.23. The summed E-state index contributed by atoms with van der Waals surface area (Å²) < 4.78 is 23.5. The van der Waals surface area contributed by atoms with E-state index in [1.807, 2.05) is 0 Å². The molecular weight excluding hydrogens is 263 g/mol. The zero-order chi connectivity index (χ0) is 15.3. The van der Waals surface area contributed by atoms with E-state index in [2.05, 4.69) is 10.9 Å². The highest BCUT2D eigenvalue weighted by molar-refractivity contribution is 5.67. The van der Waals surface area contributed by atoms with Gasteiger partial charge >= 0.3 is 6.09 Å². The number of nitrogens with one attached hydrogen (secondary N) is 2. The molecule has 112 valence electrons. The fourth-order valence-corrected chi connectivity index (χ4v) is 1.51. The SMILES string of the molecule is COc1ccc(C(C)NNC(=O)OC(C)(C)C)cc1F.